The third-order valence-corrected chi connectivity index (χ3v) is 15.0. The van der Waals surface area contributed by atoms with Gasteiger partial charge in [0.1, 0.15) is 18.1 Å². The Morgan fingerprint density at radius 1 is 0.984 bits per heavy atom. The molecular weight excluding hydrogens is 791 g/mol. The van der Waals surface area contributed by atoms with Crippen LogP contribution in [0.5, 0.6) is 0 Å². The number of likely N-dealkylation sites (N-methyl/N-ethyl adjacent to an activating group) is 1. The first-order valence-corrected chi connectivity index (χ1v) is 23.3. The van der Waals surface area contributed by atoms with Crippen molar-refractivity contribution >= 4 is 67.4 Å². The van der Waals surface area contributed by atoms with Crippen LogP contribution in [0.15, 0.2) is 39.6 Å². The molecule has 4 amide bonds. The number of allylic oxidation sites excluding steroid dienone is 1. The zero-order valence-electron chi connectivity index (χ0n) is 37.2. The zero-order chi connectivity index (χ0) is 43.7. The SMILES string of the molecule is C=N/C(=C(\C=NC1CCN(SN2CC3CN(C(=O)CCCCc4ccc(N(C=O)C(CCC=O)C(=O)NC)c(N(C)C)c4)CC3C2)CC1)C1(C)CC1)N(C=O)C1CCCC1C. The van der Waals surface area contributed by atoms with Gasteiger partial charge in [-0.25, -0.2) is 13.6 Å². The maximum atomic E-state index is 13.3. The topological polar surface area (TPSA) is 142 Å². The van der Waals surface area contributed by atoms with Crippen molar-refractivity contribution in [2.75, 3.05) is 70.2 Å². The molecule has 0 radical (unpaired) electrons. The van der Waals surface area contributed by atoms with E-state index in [1.807, 2.05) is 60.4 Å². The van der Waals surface area contributed by atoms with E-state index < -0.39 is 6.04 Å². The van der Waals surface area contributed by atoms with Crippen LogP contribution < -0.4 is 15.1 Å². The third kappa shape index (κ3) is 11.3. The number of nitrogens with zero attached hydrogens (tertiary/aromatic N) is 8. The summed E-state index contributed by atoms with van der Waals surface area (Å²) in [5, 5.41) is 2.61. The van der Waals surface area contributed by atoms with Crippen molar-refractivity contribution < 1.29 is 24.0 Å². The summed E-state index contributed by atoms with van der Waals surface area (Å²) in [5.41, 5.74) is 3.59. The summed E-state index contributed by atoms with van der Waals surface area (Å²) in [6.07, 6.45) is 15.2. The normalized spacial score (nSPS) is 24.8. The Morgan fingerprint density at radius 3 is 2.28 bits per heavy atom. The third-order valence-electron chi connectivity index (χ3n) is 13.9. The number of carbonyl (C=O) groups excluding carboxylic acids is 5. The second-order valence-electron chi connectivity index (χ2n) is 18.4. The molecule has 5 aliphatic rings. The number of rotatable bonds is 22. The van der Waals surface area contributed by atoms with Crippen molar-refractivity contribution in [2.45, 2.75) is 115 Å². The first-order chi connectivity index (χ1) is 29.4. The van der Waals surface area contributed by atoms with Crippen molar-refractivity contribution in [1.29, 1.82) is 0 Å². The fraction of sp³-hybridized carbons (Fsp3) is 0.674. The summed E-state index contributed by atoms with van der Waals surface area (Å²) in [6.45, 7) is 14.0. The number of aldehydes is 1. The molecule has 5 atom stereocenters. The van der Waals surface area contributed by atoms with Crippen LogP contribution in [0.1, 0.15) is 96.5 Å². The number of anilines is 2. The van der Waals surface area contributed by atoms with Gasteiger partial charge in [0.2, 0.25) is 24.6 Å². The van der Waals surface area contributed by atoms with Crippen molar-refractivity contribution in [3.63, 3.8) is 0 Å². The Hall–Kier alpha value is -4.08. The van der Waals surface area contributed by atoms with E-state index in [0.29, 0.717) is 42.1 Å². The number of aliphatic imine (C=N–C) groups is 2. The number of fused-ring (bicyclic) bond motifs is 1. The fourth-order valence-corrected chi connectivity index (χ4v) is 11.1. The number of amides is 4. The van der Waals surface area contributed by atoms with Crippen molar-refractivity contribution in [3.8, 4) is 0 Å². The summed E-state index contributed by atoms with van der Waals surface area (Å²) in [5.74, 6) is 2.10. The summed E-state index contributed by atoms with van der Waals surface area (Å²) in [4.78, 5) is 78.5. The van der Waals surface area contributed by atoms with Crippen LogP contribution in [0.2, 0.25) is 0 Å². The number of likely N-dealkylation sites (tertiary alicyclic amines) is 1. The molecule has 6 rings (SSSR count). The second-order valence-corrected chi connectivity index (χ2v) is 19.6. The van der Waals surface area contributed by atoms with E-state index in [1.54, 1.807) is 0 Å². The van der Waals surface area contributed by atoms with Gasteiger partial charge in [-0.05, 0) is 112 Å². The quantitative estimate of drug-likeness (QED) is 0.0706. The molecule has 3 aliphatic heterocycles. The number of carbonyl (C=O) groups is 5. The maximum Gasteiger partial charge on any atom is 0.242 e. The summed E-state index contributed by atoms with van der Waals surface area (Å²) in [7, 11) is 5.33. The molecule has 1 aromatic carbocycles. The molecule has 0 spiro atoms. The highest BCUT2D eigenvalue weighted by Gasteiger charge is 2.45. The van der Waals surface area contributed by atoms with Gasteiger partial charge in [0.05, 0.1) is 17.4 Å². The van der Waals surface area contributed by atoms with E-state index in [0.717, 1.165) is 133 Å². The number of hydrogen-bond acceptors (Lipinski definition) is 11. The van der Waals surface area contributed by atoms with E-state index >= 15 is 0 Å². The maximum absolute atomic E-state index is 13.3. The van der Waals surface area contributed by atoms with Crippen LogP contribution in [-0.4, -0.2) is 141 Å². The van der Waals surface area contributed by atoms with Gasteiger partial charge in [-0.2, -0.15) is 0 Å². The highest BCUT2D eigenvalue weighted by atomic mass is 32.2. The smallest absolute Gasteiger partial charge is 0.242 e. The van der Waals surface area contributed by atoms with Gasteiger partial charge in [-0.3, -0.25) is 29.1 Å². The van der Waals surface area contributed by atoms with E-state index in [1.165, 1.54) is 11.9 Å². The summed E-state index contributed by atoms with van der Waals surface area (Å²) in [6, 6.07) is 5.52. The van der Waals surface area contributed by atoms with E-state index in [2.05, 4.69) is 44.4 Å². The molecule has 3 saturated heterocycles. The predicted molar refractivity (Wildman–Crippen MR) is 244 cm³/mol. The molecule has 0 aromatic heterocycles. The average Bonchev–Trinajstić information content (AvgIpc) is 3.49. The number of hydrogen-bond donors (Lipinski definition) is 1. The van der Waals surface area contributed by atoms with E-state index in [-0.39, 0.29) is 42.2 Å². The molecule has 5 unspecified atom stereocenters. The number of piperidine rings is 1. The lowest BCUT2D eigenvalue weighted by molar-refractivity contribution is -0.130. The van der Waals surface area contributed by atoms with Crippen molar-refractivity contribution in [2.24, 2.45) is 33.2 Å². The Kier molecular flexibility index (Phi) is 16.2. The minimum Gasteiger partial charge on any atom is -0.376 e. The molecule has 1 aromatic rings. The predicted octanol–water partition coefficient (Wildman–Crippen LogP) is 5.37. The second kappa shape index (κ2) is 21.3. The van der Waals surface area contributed by atoms with Crippen LogP contribution >= 0.6 is 12.1 Å². The Balaban J connectivity index is 0.924. The Morgan fingerprint density at radius 2 is 1.70 bits per heavy atom. The average molecular weight is 860 g/mol. The van der Waals surface area contributed by atoms with E-state index in [9.17, 15) is 24.0 Å². The molecule has 2 saturated carbocycles. The molecule has 0 bridgehead atoms. The van der Waals surface area contributed by atoms with Gasteiger partial charge >= 0.3 is 0 Å². The lowest BCUT2D eigenvalue weighted by Gasteiger charge is -2.32. The molecule has 5 fully saturated rings. The molecule has 2 aliphatic carbocycles. The molecule has 14 nitrogen and oxygen atoms in total. The van der Waals surface area contributed by atoms with Crippen LogP contribution in [0.4, 0.5) is 11.4 Å². The monoisotopic (exact) mass is 860 g/mol. The lowest BCUT2D eigenvalue weighted by atomic mass is 9.97. The number of aryl methyl sites for hydroxylation is 1. The van der Waals surface area contributed by atoms with Crippen molar-refractivity contribution in [3.05, 3.63) is 35.2 Å². The molecule has 3 heterocycles. The van der Waals surface area contributed by atoms with Crippen LogP contribution in [-0.2, 0) is 30.4 Å². The summed E-state index contributed by atoms with van der Waals surface area (Å²) >= 11 is 1.87. The molecule has 15 heteroatoms. The number of nitrogens with one attached hydrogen (secondary N) is 1. The highest BCUT2D eigenvalue weighted by Crippen LogP contribution is 2.52. The summed E-state index contributed by atoms with van der Waals surface area (Å²) < 4.78 is 4.98. The van der Waals surface area contributed by atoms with Gasteiger partial charge in [-0.15, -0.1) is 0 Å². The standard InChI is InChI=1S/C46H69N9O5S/c1-33-11-9-13-39(33)55(32-58)44(47-3)38(46(2)20-21-46)26-49-37-18-22-52(23-19-37)61-53-29-35-27-51(28-36(35)30-53)43(59)15-8-7-12-34-16-17-40(42(25-34)50(5)6)54(31-57)41(14-10-24-56)45(60)48-4/h16-17,24-26,31-33,35-37,39,41H,3,7-15,18-23,27-30H2,1-2,4-6H3,(H,48,60)/b44-38-,49-26?. The molecule has 61 heavy (non-hydrogen) atoms. The van der Waals surface area contributed by atoms with Crippen LogP contribution in [0.3, 0.4) is 0 Å². The first-order valence-electron chi connectivity index (χ1n) is 22.6. The Labute approximate surface area is 367 Å². The number of unbranched alkanes of at least 4 members (excludes halogenated alkanes) is 1. The lowest BCUT2D eigenvalue weighted by Crippen LogP contribution is -2.46. The van der Waals surface area contributed by atoms with Crippen LogP contribution in [0, 0.1) is 23.2 Å². The molecule has 1 N–H and O–H groups in total. The Bertz CT molecular complexity index is 1780. The number of benzene rings is 1. The van der Waals surface area contributed by atoms with Gasteiger partial charge in [-0.1, -0.05) is 26.3 Å². The largest absolute Gasteiger partial charge is 0.376 e. The molecular formula is C46H69N9O5S. The van der Waals surface area contributed by atoms with Gasteiger partial charge in [0.15, 0.2) is 0 Å². The highest BCUT2D eigenvalue weighted by molar-refractivity contribution is 7.94. The van der Waals surface area contributed by atoms with Crippen LogP contribution in [0.25, 0.3) is 0 Å². The van der Waals surface area contributed by atoms with Crippen molar-refractivity contribution in [1.82, 2.24) is 23.7 Å². The minimum atomic E-state index is -0.791. The zero-order valence-corrected chi connectivity index (χ0v) is 38.0. The minimum absolute atomic E-state index is 0.00423. The van der Waals surface area contributed by atoms with Gasteiger partial charge < -0.3 is 24.8 Å². The molecule has 334 valence electrons. The van der Waals surface area contributed by atoms with Gasteiger partial charge in [0, 0.05) is 103 Å². The van der Waals surface area contributed by atoms with Gasteiger partial charge in [0.25, 0.3) is 0 Å². The first kappa shape index (κ1) is 46.4. The fourth-order valence-electron chi connectivity index (χ4n) is 9.86. The van der Waals surface area contributed by atoms with E-state index in [4.69, 9.17) is 4.99 Å².